The Labute approximate surface area is 124 Å². The van der Waals surface area contributed by atoms with Crippen LogP contribution >= 0.6 is 0 Å². The van der Waals surface area contributed by atoms with E-state index in [2.05, 4.69) is 10.3 Å². The molecule has 0 aliphatic rings. The maximum atomic E-state index is 14.4. The van der Waals surface area contributed by atoms with Crippen LogP contribution in [0.1, 0.15) is 41.8 Å². The average molecular weight is 290 g/mol. The summed E-state index contributed by atoms with van der Waals surface area (Å²) in [5.41, 5.74) is 2.95. The van der Waals surface area contributed by atoms with Gasteiger partial charge in [-0.1, -0.05) is 13.0 Å². The van der Waals surface area contributed by atoms with E-state index in [9.17, 15) is 8.78 Å². The highest BCUT2D eigenvalue weighted by atomic mass is 19.1. The summed E-state index contributed by atoms with van der Waals surface area (Å²) in [4.78, 5) is 4.11. The molecule has 0 saturated carbocycles. The van der Waals surface area contributed by atoms with Crippen molar-refractivity contribution in [1.29, 1.82) is 0 Å². The van der Waals surface area contributed by atoms with E-state index in [0.717, 1.165) is 30.3 Å². The summed E-state index contributed by atoms with van der Waals surface area (Å²) in [7, 11) is 0. The number of aryl methyl sites for hydroxylation is 2. The molecule has 2 aromatic rings. The van der Waals surface area contributed by atoms with Crippen LogP contribution in [-0.2, 0) is 0 Å². The molecule has 1 N–H and O–H groups in total. The lowest BCUT2D eigenvalue weighted by atomic mass is 9.95. The third-order valence-electron chi connectivity index (χ3n) is 3.41. The van der Waals surface area contributed by atoms with Gasteiger partial charge in [0.1, 0.15) is 11.6 Å². The minimum Gasteiger partial charge on any atom is -0.305 e. The van der Waals surface area contributed by atoms with E-state index in [1.54, 1.807) is 6.07 Å². The van der Waals surface area contributed by atoms with Crippen LogP contribution in [0.25, 0.3) is 0 Å². The summed E-state index contributed by atoms with van der Waals surface area (Å²) in [6.07, 6.45) is 2.08. The van der Waals surface area contributed by atoms with Gasteiger partial charge in [0.2, 0.25) is 0 Å². The van der Waals surface area contributed by atoms with E-state index in [1.165, 1.54) is 12.1 Å². The predicted octanol–water partition coefficient (Wildman–Crippen LogP) is 4.07. The molecule has 1 heterocycles. The molecule has 0 aliphatic heterocycles. The first-order valence-corrected chi connectivity index (χ1v) is 7.14. The zero-order valence-electron chi connectivity index (χ0n) is 12.6. The maximum absolute atomic E-state index is 14.4. The molecule has 0 bridgehead atoms. The highest BCUT2D eigenvalue weighted by Crippen LogP contribution is 2.27. The minimum atomic E-state index is -0.394. The molecule has 0 saturated heterocycles. The van der Waals surface area contributed by atoms with Crippen molar-refractivity contribution in [2.45, 2.75) is 33.2 Å². The Morgan fingerprint density at radius 2 is 1.95 bits per heavy atom. The van der Waals surface area contributed by atoms with Crippen LogP contribution in [0.3, 0.4) is 0 Å². The second-order valence-corrected chi connectivity index (χ2v) is 5.27. The van der Waals surface area contributed by atoms with Crippen molar-refractivity contribution in [2.75, 3.05) is 6.54 Å². The van der Waals surface area contributed by atoms with Gasteiger partial charge in [0.05, 0.1) is 17.9 Å². The van der Waals surface area contributed by atoms with Gasteiger partial charge in [0, 0.05) is 5.56 Å². The third kappa shape index (κ3) is 3.64. The lowest BCUT2D eigenvalue weighted by Gasteiger charge is -2.21. The second-order valence-electron chi connectivity index (χ2n) is 5.27. The van der Waals surface area contributed by atoms with Crippen molar-refractivity contribution in [3.63, 3.8) is 0 Å². The standard InChI is InChI=1S/C17H20F2N2/c1-4-7-20-17(15-6-5-13(18)10-21-15)16-12(3)8-11(2)9-14(16)19/h5-6,8-10,17,20H,4,7H2,1-3H3. The molecule has 4 heteroatoms. The Kier molecular flexibility index (Phi) is 5.02. The Balaban J connectivity index is 2.47. The van der Waals surface area contributed by atoms with Crippen molar-refractivity contribution >= 4 is 0 Å². The number of pyridine rings is 1. The third-order valence-corrected chi connectivity index (χ3v) is 3.41. The molecular weight excluding hydrogens is 270 g/mol. The van der Waals surface area contributed by atoms with E-state index >= 15 is 0 Å². The fourth-order valence-corrected chi connectivity index (χ4v) is 2.49. The Bertz CT molecular complexity index is 586. The SMILES string of the molecule is CCCNC(c1ccc(F)cn1)c1c(C)cc(C)cc1F. The van der Waals surface area contributed by atoms with Crippen molar-refractivity contribution in [3.8, 4) is 0 Å². The van der Waals surface area contributed by atoms with Crippen LogP contribution in [0.5, 0.6) is 0 Å². The van der Waals surface area contributed by atoms with Crippen molar-refractivity contribution in [1.82, 2.24) is 10.3 Å². The molecule has 0 aliphatic carbocycles. The summed E-state index contributed by atoms with van der Waals surface area (Å²) in [5.74, 6) is -0.652. The monoisotopic (exact) mass is 290 g/mol. The maximum Gasteiger partial charge on any atom is 0.141 e. The summed E-state index contributed by atoms with van der Waals surface area (Å²) in [5, 5.41) is 3.30. The molecule has 1 unspecified atom stereocenters. The Hall–Kier alpha value is -1.81. The van der Waals surface area contributed by atoms with Crippen LogP contribution in [0.4, 0.5) is 8.78 Å². The Morgan fingerprint density at radius 3 is 2.52 bits per heavy atom. The number of aromatic nitrogens is 1. The van der Waals surface area contributed by atoms with Gasteiger partial charge in [-0.15, -0.1) is 0 Å². The van der Waals surface area contributed by atoms with Gasteiger partial charge in [-0.2, -0.15) is 0 Å². The van der Waals surface area contributed by atoms with E-state index in [-0.39, 0.29) is 11.9 Å². The molecule has 0 spiro atoms. The number of hydrogen-bond acceptors (Lipinski definition) is 2. The predicted molar refractivity (Wildman–Crippen MR) is 80.2 cm³/mol. The van der Waals surface area contributed by atoms with Crippen LogP contribution in [-0.4, -0.2) is 11.5 Å². The molecule has 1 atom stereocenters. The molecule has 2 nitrogen and oxygen atoms in total. The Morgan fingerprint density at radius 1 is 1.19 bits per heavy atom. The van der Waals surface area contributed by atoms with Crippen LogP contribution in [0, 0.1) is 25.5 Å². The van der Waals surface area contributed by atoms with Gasteiger partial charge in [-0.05, 0) is 56.1 Å². The van der Waals surface area contributed by atoms with E-state index in [0.29, 0.717) is 11.3 Å². The molecule has 0 fully saturated rings. The average Bonchev–Trinajstić information content (AvgIpc) is 2.42. The van der Waals surface area contributed by atoms with Gasteiger partial charge in [-0.3, -0.25) is 4.98 Å². The van der Waals surface area contributed by atoms with Gasteiger partial charge < -0.3 is 5.32 Å². The molecule has 2 rings (SSSR count). The zero-order valence-corrected chi connectivity index (χ0v) is 12.6. The minimum absolute atomic E-state index is 0.257. The first-order valence-electron chi connectivity index (χ1n) is 7.14. The van der Waals surface area contributed by atoms with Gasteiger partial charge in [0.25, 0.3) is 0 Å². The van der Waals surface area contributed by atoms with Crippen LogP contribution in [0.2, 0.25) is 0 Å². The van der Waals surface area contributed by atoms with Crippen molar-refractivity contribution < 1.29 is 8.78 Å². The van der Waals surface area contributed by atoms with E-state index < -0.39 is 5.82 Å². The molecule has 112 valence electrons. The van der Waals surface area contributed by atoms with E-state index in [1.807, 2.05) is 26.8 Å². The quantitative estimate of drug-likeness (QED) is 0.898. The highest BCUT2D eigenvalue weighted by Gasteiger charge is 2.21. The summed E-state index contributed by atoms with van der Waals surface area (Å²) < 4.78 is 27.5. The van der Waals surface area contributed by atoms with Crippen molar-refractivity contribution in [3.05, 3.63) is 64.5 Å². The molecule has 1 aromatic heterocycles. The summed E-state index contributed by atoms with van der Waals surface area (Å²) in [6, 6.07) is 6.05. The van der Waals surface area contributed by atoms with Gasteiger partial charge >= 0.3 is 0 Å². The fourth-order valence-electron chi connectivity index (χ4n) is 2.49. The first-order chi connectivity index (χ1) is 10.0. The lowest BCUT2D eigenvalue weighted by Crippen LogP contribution is -2.26. The normalized spacial score (nSPS) is 12.4. The fraction of sp³-hybridized carbons (Fsp3) is 0.353. The first kappa shape index (κ1) is 15.6. The molecular formula is C17H20F2N2. The number of benzene rings is 1. The van der Waals surface area contributed by atoms with Crippen molar-refractivity contribution in [2.24, 2.45) is 0 Å². The summed E-state index contributed by atoms with van der Waals surface area (Å²) >= 11 is 0. The van der Waals surface area contributed by atoms with Crippen LogP contribution < -0.4 is 5.32 Å². The van der Waals surface area contributed by atoms with Gasteiger partial charge in [0.15, 0.2) is 0 Å². The molecule has 0 radical (unpaired) electrons. The number of nitrogens with one attached hydrogen (secondary N) is 1. The largest absolute Gasteiger partial charge is 0.305 e. The second kappa shape index (κ2) is 6.76. The number of nitrogens with zero attached hydrogens (tertiary/aromatic N) is 1. The smallest absolute Gasteiger partial charge is 0.141 e. The molecule has 1 aromatic carbocycles. The molecule has 0 amide bonds. The zero-order chi connectivity index (χ0) is 15.4. The highest BCUT2D eigenvalue weighted by molar-refractivity contribution is 5.38. The summed E-state index contributed by atoms with van der Waals surface area (Å²) in [6.45, 7) is 6.52. The van der Waals surface area contributed by atoms with Gasteiger partial charge in [-0.25, -0.2) is 8.78 Å². The van der Waals surface area contributed by atoms with E-state index in [4.69, 9.17) is 0 Å². The lowest BCUT2D eigenvalue weighted by molar-refractivity contribution is 0.533. The number of rotatable bonds is 5. The number of halogens is 2. The topological polar surface area (TPSA) is 24.9 Å². The molecule has 21 heavy (non-hydrogen) atoms. The van der Waals surface area contributed by atoms with Crippen LogP contribution in [0.15, 0.2) is 30.5 Å². The number of hydrogen-bond donors (Lipinski definition) is 1.